The summed E-state index contributed by atoms with van der Waals surface area (Å²) in [5.74, 6) is 1.41. The van der Waals surface area contributed by atoms with E-state index in [0.29, 0.717) is 11.9 Å². The van der Waals surface area contributed by atoms with Crippen LogP contribution in [-0.2, 0) is 11.2 Å². The predicted octanol–water partition coefficient (Wildman–Crippen LogP) is 1.47. The summed E-state index contributed by atoms with van der Waals surface area (Å²) in [5, 5.41) is 7.41. The molecule has 1 aliphatic rings. The number of hydrogen-bond acceptors (Lipinski definition) is 5. The van der Waals surface area contributed by atoms with Crippen LogP contribution in [0.3, 0.4) is 0 Å². The standard InChI is InChI=1S/C12H21N3O2/c1-9-14-11(15-17-9)4-6-13-10-5-7-16-12(2,3)8-10/h10,13H,4-8H2,1-3H3. The number of hydrogen-bond donors (Lipinski definition) is 1. The molecule has 0 bridgehead atoms. The topological polar surface area (TPSA) is 60.2 Å². The van der Waals surface area contributed by atoms with E-state index < -0.39 is 0 Å². The third-order valence-corrected chi connectivity index (χ3v) is 3.05. The third kappa shape index (κ3) is 3.78. The summed E-state index contributed by atoms with van der Waals surface area (Å²) in [4.78, 5) is 4.18. The Labute approximate surface area is 102 Å². The van der Waals surface area contributed by atoms with Crippen LogP contribution in [-0.4, -0.2) is 34.9 Å². The molecule has 1 fully saturated rings. The summed E-state index contributed by atoms with van der Waals surface area (Å²) in [6.07, 6.45) is 2.95. The fourth-order valence-corrected chi connectivity index (χ4v) is 2.24. The average molecular weight is 239 g/mol. The predicted molar refractivity (Wildman–Crippen MR) is 63.8 cm³/mol. The van der Waals surface area contributed by atoms with Crippen LogP contribution in [0.15, 0.2) is 4.52 Å². The van der Waals surface area contributed by atoms with Crippen molar-refractivity contribution >= 4 is 0 Å². The van der Waals surface area contributed by atoms with Gasteiger partial charge >= 0.3 is 0 Å². The van der Waals surface area contributed by atoms with Gasteiger partial charge in [-0.25, -0.2) is 0 Å². The fraction of sp³-hybridized carbons (Fsp3) is 0.833. The second-order valence-electron chi connectivity index (χ2n) is 5.23. The van der Waals surface area contributed by atoms with Crippen molar-refractivity contribution in [1.82, 2.24) is 15.5 Å². The minimum Gasteiger partial charge on any atom is -0.375 e. The highest BCUT2D eigenvalue weighted by atomic mass is 16.5. The van der Waals surface area contributed by atoms with Gasteiger partial charge in [0.15, 0.2) is 5.82 Å². The summed E-state index contributed by atoms with van der Waals surface area (Å²) in [6.45, 7) is 7.82. The van der Waals surface area contributed by atoms with E-state index in [1.807, 2.05) is 6.92 Å². The van der Waals surface area contributed by atoms with Crippen LogP contribution in [0, 0.1) is 6.92 Å². The zero-order valence-corrected chi connectivity index (χ0v) is 10.8. The first-order valence-electron chi connectivity index (χ1n) is 6.22. The minimum absolute atomic E-state index is 0.00134. The van der Waals surface area contributed by atoms with Gasteiger partial charge in [-0.15, -0.1) is 0 Å². The maximum absolute atomic E-state index is 5.68. The number of rotatable bonds is 4. The molecule has 1 unspecified atom stereocenters. The Morgan fingerprint density at radius 1 is 1.47 bits per heavy atom. The lowest BCUT2D eigenvalue weighted by Gasteiger charge is -2.35. The Morgan fingerprint density at radius 2 is 2.29 bits per heavy atom. The molecule has 0 amide bonds. The van der Waals surface area contributed by atoms with Crippen molar-refractivity contribution < 1.29 is 9.26 Å². The number of nitrogens with zero attached hydrogens (tertiary/aromatic N) is 2. The number of aromatic nitrogens is 2. The van der Waals surface area contributed by atoms with E-state index in [1.54, 1.807) is 0 Å². The van der Waals surface area contributed by atoms with Gasteiger partial charge < -0.3 is 14.6 Å². The van der Waals surface area contributed by atoms with Gasteiger partial charge in [0.25, 0.3) is 0 Å². The highest BCUT2D eigenvalue weighted by molar-refractivity contribution is 4.87. The molecule has 0 radical (unpaired) electrons. The lowest BCUT2D eigenvalue weighted by Crippen LogP contribution is -2.44. The van der Waals surface area contributed by atoms with Crippen LogP contribution in [0.4, 0.5) is 0 Å². The maximum atomic E-state index is 5.68. The molecule has 17 heavy (non-hydrogen) atoms. The van der Waals surface area contributed by atoms with Gasteiger partial charge in [0.05, 0.1) is 5.60 Å². The lowest BCUT2D eigenvalue weighted by molar-refractivity contribution is -0.0627. The summed E-state index contributed by atoms with van der Waals surface area (Å²) in [7, 11) is 0. The van der Waals surface area contributed by atoms with Crippen LogP contribution in [0.2, 0.25) is 0 Å². The third-order valence-electron chi connectivity index (χ3n) is 3.05. The monoisotopic (exact) mass is 239 g/mol. The molecule has 0 aromatic carbocycles. The molecule has 1 N–H and O–H groups in total. The van der Waals surface area contributed by atoms with E-state index in [2.05, 4.69) is 29.3 Å². The van der Waals surface area contributed by atoms with Crippen molar-refractivity contribution in [2.45, 2.75) is 51.7 Å². The maximum Gasteiger partial charge on any atom is 0.223 e. The quantitative estimate of drug-likeness (QED) is 0.862. The molecule has 96 valence electrons. The summed E-state index contributed by atoms with van der Waals surface area (Å²) in [5.41, 5.74) is -0.00134. The molecule has 1 saturated heterocycles. The van der Waals surface area contributed by atoms with Gasteiger partial charge in [-0.05, 0) is 26.7 Å². The highest BCUT2D eigenvalue weighted by Crippen LogP contribution is 2.23. The van der Waals surface area contributed by atoms with Crippen LogP contribution in [0.25, 0.3) is 0 Å². The van der Waals surface area contributed by atoms with Crippen molar-refractivity contribution in [2.24, 2.45) is 0 Å². The molecule has 2 heterocycles. The molecule has 5 heteroatoms. The second-order valence-corrected chi connectivity index (χ2v) is 5.23. The molecule has 1 atom stereocenters. The van der Waals surface area contributed by atoms with E-state index in [4.69, 9.17) is 9.26 Å². The van der Waals surface area contributed by atoms with E-state index in [9.17, 15) is 0 Å². The lowest BCUT2D eigenvalue weighted by atomic mass is 9.94. The zero-order chi connectivity index (χ0) is 12.3. The van der Waals surface area contributed by atoms with Gasteiger partial charge in [0, 0.05) is 32.5 Å². The first-order valence-corrected chi connectivity index (χ1v) is 6.22. The Bertz CT molecular complexity index is 362. The summed E-state index contributed by atoms with van der Waals surface area (Å²) < 4.78 is 10.6. The Morgan fingerprint density at radius 3 is 2.94 bits per heavy atom. The smallest absolute Gasteiger partial charge is 0.223 e. The molecule has 1 aromatic rings. The van der Waals surface area contributed by atoms with Crippen LogP contribution in [0.5, 0.6) is 0 Å². The van der Waals surface area contributed by atoms with Gasteiger partial charge in [0.1, 0.15) is 0 Å². The molecule has 1 aromatic heterocycles. The first kappa shape index (κ1) is 12.5. The van der Waals surface area contributed by atoms with Crippen LogP contribution >= 0.6 is 0 Å². The highest BCUT2D eigenvalue weighted by Gasteiger charge is 2.28. The molecule has 0 saturated carbocycles. The number of ether oxygens (including phenoxy) is 1. The van der Waals surface area contributed by atoms with Crippen molar-refractivity contribution in [3.63, 3.8) is 0 Å². The Hall–Kier alpha value is -0.940. The largest absolute Gasteiger partial charge is 0.375 e. The van der Waals surface area contributed by atoms with E-state index in [1.165, 1.54) is 0 Å². The molecule has 0 aliphatic carbocycles. The number of aryl methyl sites for hydroxylation is 1. The number of nitrogens with one attached hydrogen (secondary N) is 1. The molecule has 5 nitrogen and oxygen atoms in total. The zero-order valence-electron chi connectivity index (χ0n) is 10.8. The average Bonchev–Trinajstić information content (AvgIpc) is 2.63. The SMILES string of the molecule is Cc1nc(CCNC2CCOC(C)(C)C2)no1. The first-order chi connectivity index (χ1) is 8.05. The molecule has 2 rings (SSSR count). The minimum atomic E-state index is -0.00134. The molecular formula is C12H21N3O2. The normalized spacial score (nSPS) is 23.8. The van der Waals surface area contributed by atoms with Crippen molar-refractivity contribution in [3.8, 4) is 0 Å². The summed E-state index contributed by atoms with van der Waals surface area (Å²) in [6, 6.07) is 0.534. The van der Waals surface area contributed by atoms with Gasteiger partial charge in [-0.3, -0.25) is 0 Å². The Kier molecular flexibility index (Phi) is 3.79. The van der Waals surface area contributed by atoms with Gasteiger partial charge in [-0.2, -0.15) is 4.98 Å². The van der Waals surface area contributed by atoms with Crippen molar-refractivity contribution in [3.05, 3.63) is 11.7 Å². The van der Waals surface area contributed by atoms with Gasteiger partial charge in [0.2, 0.25) is 5.89 Å². The fourth-order valence-electron chi connectivity index (χ4n) is 2.24. The van der Waals surface area contributed by atoms with Crippen LogP contribution < -0.4 is 5.32 Å². The van der Waals surface area contributed by atoms with E-state index in [-0.39, 0.29) is 5.60 Å². The van der Waals surface area contributed by atoms with E-state index >= 15 is 0 Å². The van der Waals surface area contributed by atoms with E-state index in [0.717, 1.165) is 38.2 Å². The van der Waals surface area contributed by atoms with Crippen LogP contribution in [0.1, 0.15) is 38.4 Å². The van der Waals surface area contributed by atoms with Gasteiger partial charge in [-0.1, -0.05) is 5.16 Å². The molecular weight excluding hydrogens is 218 g/mol. The van der Waals surface area contributed by atoms with Crippen molar-refractivity contribution in [2.75, 3.05) is 13.2 Å². The Balaban J connectivity index is 1.71. The second kappa shape index (κ2) is 5.14. The molecule has 1 aliphatic heterocycles. The van der Waals surface area contributed by atoms with Crippen molar-refractivity contribution in [1.29, 1.82) is 0 Å². The summed E-state index contributed by atoms with van der Waals surface area (Å²) >= 11 is 0. The molecule has 0 spiro atoms.